The van der Waals surface area contributed by atoms with E-state index in [0.29, 0.717) is 6.42 Å². The highest BCUT2D eigenvalue weighted by Crippen LogP contribution is 1.92. The Kier molecular flexibility index (Phi) is 4.08. The van der Waals surface area contributed by atoms with E-state index >= 15 is 0 Å². The fourth-order valence-electron chi connectivity index (χ4n) is 1.15. The first-order valence-electron chi connectivity index (χ1n) is 4.59. The van der Waals surface area contributed by atoms with Gasteiger partial charge in [-0.15, -0.1) is 0 Å². The lowest BCUT2D eigenvalue weighted by Crippen LogP contribution is -2.34. The molecule has 1 aliphatic rings. The van der Waals surface area contributed by atoms with E-state index in [9.17, 15) is 4.79 Å². The zero-order valence-electron chi connectivity index (χ0n) is 7.68. The first kappa shape index (κ1) is 9.83. The van der Waals surface area contributed by atoms with Gasteiger partial charge in [-0.2, -0.15) is 0 Å². The molecule has 0 aliphatic carbocycles. The number of aliphatic imine (C=N–C) groups is 1. The van der Waals surface area contributed by atoms with Crippen molar-refractivity contribution < 1.29 is 4.79 Å². The average Bonchev–Trinajstić information content (AvgIpc) is 2.55. The maximum atomic E-state index is 10.4. The van der Waals surface area contributed by atoms with Crippen LogP contribution in [-0.4, -0.2) is 31.5 Å². The molecule has 0 aromatic carbocycles. The number of hydrogen-bond acceptors (Lipinski definition) is 4. The number of primary amides is 1. The summed E-state index contributed by atoms with van der Waals surface area (Å²) in [6, 6.07) is 0. The summed E-state index contributed by atoms with van der Waals surface area (Å²) in [6.07, 6.45) is 2.26. The quantitative estimate of drug-likeness (QED) is 0.489. The molecule has 74 valence electrons. The second-order valence-corrected chi connectivity index (χ2v) is 3.01. The first-order valence-corrected chi connectivity index (χ1v) is 4.59. The highest BCUT2D eigenvalue weighted by Gasteiger charge is 2.02. The Labute approximate surface area is 77.8 Å². The zero-order valence-corrected chi connectivity index (χ0v) is 7.68. The Balaban J connectivity index is 1.92. The van der Waals surface area contributed by atoms with E-state index in [0.717, 1.165) is 38.4 Å². The molecule has 0 fully saturated rings. The molecule has 0 aromatic rings. The molecule has 1 amide bonds. The number of nitrogens with two attached hydrogens (primary N) is 1. The predicted molar refractivity (Wildman–Crippen MR) is 51.4 cm³/mol. The van der Waals surface area contributed by atoms with Crippen molar-refractivity contribution in [2.75, 3.05) is 19.6 Å². The molecule has 13 heavy (non-hydrogen) atoms. The van der Waals surface area contributed by atoms with Crippen LogP contribution in [0.4, 0.5) is 0 Å². The SMILES string of the molecule is NC(=O)CCCCNC1=NCCN1. The molecular weight excluding hydrogens is 168 g/mol. The van der Waals surface area contributed by atoms with Crippen molar-refractivity contribution in [3.63, 3.8) is 0 Å². The molecule has 0 bridgehead atoms. The van der Waals surface area contributed by atoms with Gasteiger partial charge in [0.05, 0.1) is 6.54 Å². The summed E-state index contributed by atoms with van der Waals surface area (Å²) in [5.74, 6) is 0.649. The number of hydrogen-bond donors (Lipinski definition) is 3. The van der Waals surface area contributed by atoms with Gasteiger partial charge < -0.3 is 16.4 Å². The number of rotatable bonds is 5. The van der Waals surface area contributed by atoms with Crippen LogP contribution < -0.4 is 16.4 Å². The van der Waals surface area contributed by atoms with Crippen molar-refractivity contribution in [3.05, 3.63) is 0 Å². The molecule has 1 heterocycles. The summed E-state index contributed by atoms with van der Waals surface area (Å²) in [4.78, 5) is 14.6. The van der Waals surface area contributed by atoms with Crippen LogP contribution >= 0.6 is 0 Å². The van der Waals surface area contributed by atoms with Crippen LogP contribution in [0.3, 0.4) is 0 Å². The Morgan fingerprint density at radius 3 is 3.08 bits per heavy atom. The summed E-state index contributed by atoms with van der Waals surface area (Å²) >= 11 is 0. The summed E-state index contributed by atoms with van der Waals surface area (Å²) in [5, 5.41) is 6.25. The van der Waals surface area contributed by atoms with Gasteiger partial charge in [-0.05, 0) is 12.8 Å². The molecule has 0 radical (unpaired) electrons. The topological polar surface area (TPSA) is 79.5 Å². The molecule has 0 saturated heterocycles. The number of carbonyl (C=O) groups excluding carboxylic acids is 1. The predicted octanol–water partition coefficient (Wildman–Crippen LogP) is -0.809. The molecule has 0 unspecified atom stereocenters. The van der Waals surface area contributed by atoms with Crippen LogP contribution in [0.2, 0.25) is 0 Å². The van der Waals surface area contributed by atoms with Gasteiger partial charge in [0.1, 0.15) is 0 Å². The Morgan fingerprint density at radius 2 is 2.46 bits per heavy atom. The van der Waals surface area contributed by atoms with E-state index < -0.39 is 0 Å². The van der Waals surface area contributed by atoms with Crippen molar-refractivity contribution in [3.8, 4) is 0 Å². The van der Waals surface area contributed by atoms with Gasteiger partial charge in [0, 0.05) is 19.5 Å². The highest BCUT2D eigenvalue weighted by molar-refractivity contribution is 5.81. The smallest absolute Gasteiger partial charge is 0.217 e. The minimum Gasteiger partial charge on any atom is -0.370 e. The first-order chi connectivity index (χ1) is 6.29. The van der Waals surface area contributed by atoms with E-state index in [-0.39, 0.29) is 5.91 Å². The van der Waals surface area contributed by atoms with E-state index in [1.807, 2.05) is 0 Å². The third-order valence-corrected chi connectivity index (χ3v) is 1.82. The highest BCUT2D eigenvalue weighted by atomic mass is 16.1. The molecule has 0 saturated carbocycles. The molecule has 1 aliphatic heterocycles. The molecule has 1 rings (SSSR count). The van der Waals surface area contributed by atoms with Crippen LogP contribution in [0.5, 0.6) is 0 Å². The standard InChI is InChI=1S/C8H16N4O/c9-7(13)3-1-2-4-10-8-11-5-6-12-8/h1-6H2,(H2,9,13)(H2,10,11,12). The van der Waals surface area contributed by atoms with E-state index in [1.165, 1.54) is 0 Å². The molecule has 0 atom stereocenters. The van der Waals surface area contributed by atoms with Gasteiger partial charge in [0.15, 0.2) is 5.96 Å². The molecule has 0 aromatic heterocycles. The number of amides is 1. The molecule has 5 nitrogen and oxygen atoms in total. The number of unbranched alkanes of at least 4 members (excludes halogenated alkanes) is 1. The maximum absolute atomic E-state index is 10.4. The van der Waals surface area contributed by atoms with Crippen LogP contribution in [0, 0.1) is 0 Å². The van der Waals surface area contributed by atoms with Crippen molar-refractivity contribution >= 4 is 11.9 Å². The number of guanidine groups is 1. The molecular formula is C8H16N4O. The molecule has 5 heteroatoms. The van der Waals surface area contributed by atoms with Crippen LogP contribution in [0.1, 0.15) is 19.3 Å². The van der Waals surface area contributed by atoms with E-state index in [1.54, 1.807) is 0 Å². The fraction of sp³-hybridized carbons (Fsp3) is 0.750. The number of nitrogens with zero attached hydrogens (tertiary/aromatic N) is 1. The van der Waals surface area contributed by atoms with Gasteiger partial charge in [-0.3, -0.25) is 9.79 Å². The minimum absolute atomic E-state index is 0.226. The van der Waals surface area contributed by atoms with Crippen LogP contribution in [-0.2, 0) is 4.79 Å². The normalized spacial score (nSPS) is 14.9. The second kappa shape index (κ2) is 5.40. The zero-order chi connectivity index (χ0) is 9.52. The average molecular weight is 184 g/mol. The molecule has 0 spiro atoms. The maximum Gasteiger partial charge on any atom is 0.217 e. The van der Waals surface area contributed by atoms with Crippen LogP contribution in [0.25, 0.3) is 0 Å². The summed E-state index contributed by atoms with van der Waals surface area (Å²) in [7, 11) is 0. The number of nitrogens with one attached hydrogen (secondary N) is 2. The fourth-order valence-corrected chi connectivity index (χ4v) is 1.15. The largest absolute Gasteiger partial charge is 0.370 e. The Bertz CT molecular complexity index is 202. The lowest BCUT2D eigenvalue weighted by Gasteiger charge is -2.04. The molecule has 4 N–H and O–H groups in total. The van der Waals surface area contributed by atoms with Crippen molar-refractivity contribution in [2.24, 2.45) is 10.7 Å². The van der Waals surface area contributed by atoms with Gasteiger partial charge in [-0.1, -0.05) is 0 Å². The Hall–Kier alpha value is -1.26. The van der Waals surface area contributed by atoms with Gasteiger partial charge >= 0.3 is 0 Å². The van der Waals surface area contributed by atoms with Crippen molar-refractivity contribution in [2.45, 2.75) is 19.3 Å². The van der Waals surface area contributed by atoms with Crippen molar-refractivity contribution in [1.82, 2.24) is 10.6 Å². The lowest BCUT2D eigenvalue weighted by molar-refractivity contribution is -0.118. The Morgan fingerprint density at radius 1 is 1.62 bits per heavy atom. The van der Waals surface area contributed by atoms with Gasteiger partial charge in [-0.25, -0.2) is 0 Å². The van der Waals surface area contributed by atoms with Crippen LogP contribution in [0.15, 0.2) is 4.99 Å². The van der Waals surface area contributed by atoms with Crippen molar-refractivity contribution in [1.29, 1.82) is 0 Å². The monoisotopic (exact) mass is 184 g/mol. The third-order valence-electron chi connectivity index (χ3n) is 1.82. The minimum atomic E-state index is -0.226. The van der Waals surface area contributed by atoms with E-state index in [4.69, 9.17) is 5.73 Å². The van der Waals surface area contributed by atoms with Gasteiger partial charge in [0.25, 0.3) is 0 Å². The summed E-state index contributed by atoms with van der Waals surface area (Å²) in [5.41, 5.74) is 5.00. The van der Waals surface area contributed by atoms with E-state index in [2.05, 4.69) is 15.6 Å². The summed E-state index contributed by atoms with van der Waals surface area (Å²) < 4.78 is 0. The number of carbonyl (C=O) groups is 1. The third kappa shape index (κ3) is 4.35. The lowest BCUT2D eigenvalue weighted by atomic mass is 10.2. The second-order valence-electron chi connectivity index (χ2n) is 3.01. The van der Waals surface area contributed by atoms with Gasteiger partial charge in [0.2, 0.25) is 5.91 Å². The summed E-state index contributed by atoms with van der Waals surface area (Å²) in [6.45, 7) is 2.62.